The lowest BCUT2D eigenvalue weighted by atomic mass is 9.89. The fourth-order valence-corrected chi connectivity index (χ4v) is 3.38. The molecular weight excluding hydrogens is 274 g/mol. The van der Waals surface area contributed by atoms with Gasteiger partial charge in [0.15, 0.2) is 14.4 Å². The first kappa shape index (κ1) is 17.6. The largest absolute Gasteiger partial charge is 0.479 e. The van der Waals surface area contributed by atoms with Crippen LogP contribution in [0.25, 0.3) is 0 Å². The van der Waals surface area contributed by atoms with E-state index < -0.39 is 26.4 Å². The van der Waals surface area contributed by atoms with E-state index in [1.54, 1.807) is 0 Å². The van der Waals surface area contributed by atoms with Crippen LogP contribution in [0.5, 0.6) is 0 Å². The quantitative estimate of drug-likeness (QED) is 0.761. The minimum atomic E-state index is -2.15. The second kappa shape index (κ2) is 6.55. The Balaban J connectivity index is 2.81. The van der Waals surface area contributed by atoms with Crippen molar-refractivity contribution in [1.29, 1.82) is 0 Å². The van der Waals surface area contributed by atoms with E-state index in [4.69, 9.17) is 14.9 Å². The fraction of sp³-hybridized carbons (Fsp3) is 0.929. The van der Waals surface area contributed by atoms with Crippen molar-refractivity contribution < 1.29 is 19.1 Å². The molecule has 6 heteroatoms. The van der Waals surface area contributed by atoms with Crippen LogP contribution in [-0.4, -0.2) is 44.8 Å². The monoisotopic (exact) mass is 303 g/mol. The Morgan fingerprint density at radius 2 is 1.85 bits per heavy atom. The van der Waals surface area contributed by atoms with Gasteiger partial charge in [0.05, 0.1) is 0 Å². The van der Waals surface area contributed by atoms with Gasteiger partial charge < -0.3 is 20.0 Å². The number of hydrogen-bond donors (Lipinski definition) is 2. The summed E-state index contributed by atoms with van der Waals surface area (Å²) in [5.74, 6) is -0.788. The third kappa shape index (κ3) is 4.28. The molecule has 2 atom stereocenters. The summed E-state index contributed by atoms with van der Waals surface area (Å²) < 4.78 is 11.4. The van der Waals surface area contributed by atoms with Gasteiger partial charge in [0, 0.05) is 19.3 Å². The molecule has 0 spiro atoms. The lowest BCUT2D eigenvalue weighted by molar-refractivity contribution is -0.148. The van der Waals surface area contributed by atoms with Crippen LogP contribution in [-0.2, 0) is 14.0 Å². The maximum atomic E-state index is 11.6. The van der Waals surface area contributed by atoms with Gasteiger partial charge in [-0.3, -0.25) is 0 Å². The lowest BCUT2D eigenvalue weighted by Gasteiger charge is -2.41. The van der Waals surface area contributed by atoms with Crippen molar-refractivity contribution in [3.05, 3.63) is 0 Å². The van der Waals surface area contributed by atoms with E-state index in [0.29, 0.717) is 13.2 Å². The predicted molar refractivity (Wildman–Crippen MR) is 81.2 cm³/mol. The van der Waals surface area contributed by atoms with Gasteiger partial charge in [0.25, 0.3) is 0 Å². The molecule has 1 aliphatic rings. The van der Waals surface area contributed by atoms with Crippen LogP contribution in [0.15, 0.2) is 0 Å². The van der Waals surface area contributed by atoms with Crippen LogP contribution < -0.4 is 5.73 Å². The fourth-order valence-electron chi connectivity index (χ4n) is 2.14. The molecule has 5 nitrogen and oxygen atoms in total. The molecule has 0 aromatic carbocycles. The van der Waals surface area contributed by atoms with Crippen molar-refractivity contribution in [2.24, 2.45) is 11.7 Å². The van der Waals surface area contributed by atoms with E-state index in [9.17, 15) is 9.90 Å². The second-order valence-corrected chi connectivity index (χ2v) is 11.9. The van der Waals surface area contributed by atoms with Crippen LogP contribution in [0.2, 0.25) is 18.1 Å². The molecule has 1 rings (SSSR count). The molecule has 0 radical (unpaired) electrons. The molecule has 0 aliphatic carbocycles. The molecule has 0 saturated carbocycles. The summed E-state index contributed by atoms with van der Waals surface area (Å²) in [6, 6.07) is -0.467. The molecule has 1 heterocycles. The Kier molecular flexibility index (Phi) is 5.77. The zero-order chi connectivity index (χ0) is 15.6. The predicted octanol–water partition coefficient (Wildman–Crippen LogP) is 2.22. The minimum Gasteiger partial charge on any atom is -0.479 e. The summed E-state index contributed by atoms with van der Waals surface area (Å²) in [6.45, 7) is 11.7. The molecule has 20 heavy (non-hydrogen) atoms. The number of aliphatic carboxylic acids is 1. The first-order valence-corrected chi connectivity index (χ1v) is 10.2. The van der Waals surface area contributed by atoms with Crippen LogP contribution in [0.4, 0.5) is 0 Å². The Hall–Kier alpha value is -0.433. The molecule has 0 aromatic rings. The molecular formula is C14H29NO4Si. The third-order valence-corrected chi connectivity index (χ3v) is 9.09. The smallest absolute Gasteiger partial charge is 0.333 e. The Morgan fingerprint density at radius 3 is 2.25 bits per heavy atom. The SMILES string of the molecule is CC(C)(C)[Si](C)(C)OC(C(=O)O)C(N)C1CCOCC1. The molecule has 1 saturated heterocycles. The standard InChI is InChI=1S/C14H29NO4Si/c1-14(2,3)20(4,5)19-12(13(16)17)11(15)10-6-8-18-9-7-10/h10-12H,6-9,15H2,1-5H3,(H,16,17). The first-order valence-electron chi connectivity index (χ1n) is 7.30. The normalized spacial score (nSPS) is 21.5. The van der Waals surface area contributed by atoms with Crippen molar-refractivity contribution in [3.8, 4) is 0 Å². The number of ether oxygens (including phenoxy) is 1. The molecule has 0 amide bonds. The summed E-state index contributed by atoms with van der Waals surface area (Å²) in [5.41, 5.74) is 6.20. The average Bonchev–Trinajstić information content (AvgIpc) is 2.34. The topological polar surface area (TPSA) is 81.8 Å². The van der Waals surface area contributed by atoms with Crippen LogP contribution in [0.1, 0.15) is 33.6 Å². The van der Waals surface area contributed by atoms with E-state index in [2.05, 4.69) is 33.9 Å². The van der Waals surface area contributed by atoms with Crippen LogP contribution >= 0.6 is 0 Å². The highest BCUT2D eigenvalue weighted by molar-refractivity contribution is 6.74. The van der Waals surface area contributed by atoms with Crippen LogP contribution in [0, 0.1) is 5.92 Å². The summed E-state index contributed by atoms with van der Waals surface area (Å²) in [5, 5.41) is 9.46. The van der Waals surface area contributed by atoms with Gasteiger partial charge in [-0.1, -0.05) is 20.8 Å². The van der Waals surface area contributed by atoms with E-state index in [-0.39, 0.29) is 11.0 Å². The highest BCUT2D eigenvalue weighted by atomic mass is 28.4. The van der Waals surface area contributed by atoms with Crippen molar-refractivity contribution in [2.75, 3.05) is 13.2 Å². The highest BCUT2D eigenvalue weighted by Gasteiger charge is 2.43. The summed E-state index contributed by atoms with van der Waals surface area (Å²) in [7, 11) is -2.15. The second-order valence-electron chi connectivity index (χ2n) is 7.16. The van der Waals surface area contributed by atoms with Gasteiger partial charge in [0.1, 0.15) is 0 Å². The average molecular weight is 303 g/mol. The Labute approximate surface area is 123 Å². The van der Waals surface area contributed by atoms with Gasteiger partial charge in [0.2, 0.25) is 0 Å². The van der Waals surface area contributed by atoms with Gasteiger partial charge in [-0.25, -0.2) is 4.79 Å². The van der Waals surface area contributed by atoms with Gasteiger partial charge >= 0.3 is 5.97 Å². The zero-order valence-electron chi connectivity index (χ0n) is 13.3. The molecule has 1 aliphatic heterocycles. The number of carboxylic acid groups (broad SMARTS) is 1. The molecule has 1 fully saturated rings. The Bertz CT molecular complexity index is 335. The summed E-state index contributed by atoms with van der Waals surface area (Å²) >= 11 is 0. The highest BCUT2D eigenvalue weighted by Crippen LogP contribution is 2.38. The molecule has 3 N–H and O–H groups in total. The maximum absolute atomic E-state index is 11.6. The van der Waals surface area contributed by atoms with E-state index in [1.807, 2.05) is 0 Å². The van der Waals surface area contributed by atoms with Crippen LogP contribution in [0.3, 0.4) is 0 Å². The number of hydrogen-bond acceptors (Lipinski definition) is 4. The van der Waals surface area contributed by atoms with Gasteiger partial charge in [-0.15, -0.1) is 0 Å². The van der Waals surface area contributed by atoms with Crippen molar-refractivity contribution in [2.45, 2.75) is 63.9 Å². The first-order chi connectivity index (χ1) is 9.06. The number of rotatable bonds is 5. The van der Waals surface area contributed by atoms with E-state index >= 15 is 0 Å². The Morgan fingerprint density at radius 1 is 1.35 bits per heavy atom. The number of carbonyl (C=O) groups is 1. The molecule has 0 aromatic heterocycles. The molecule has 118 valence electrons. The molecule has 2 unspecified atom stereocenters. The maximum Gasteiger partial charge on any atom is 0.333 e. The summed E-state index contributed by atoms with van der Waals surface area (Å²) in [6.07, 6.45) is 0.705. The number of carboxylic acids is 1. The van der Waals surface area contributed by atoms with Crippen molar-refractivity contribution in [3.63, 3.8) is 0 Å². The van der Waals surface area contributed by atoms with Crippen molar-refractivity contribution >= 4 is 14.3 Å². The van der Waals surface area contributed by atoms with Gasteiger partial charge in [-0.05, 0) is 36.9 Å². The minimum absolute atomic E-state index is 0.0317. The van der Waals surface area contributed by atoms with Crippen molar-refractivity contribution in [1.82, 2.24) is 0 Å². The zero-order valence-corrected chi connectivity index (χ0v) is 14.3. The van der Waals surface area contributed by atoms with Gasteiger partial charge in [-0.2, -0.15) is 0 Å². The number of nitrogens with two attached hydrogens (primary N) is 1. The summed E-state index contributed by atoms with van der Waals surface area (Å²) in [4.78, 5) is 11.6. The third-order valence-electron chi connectivity index (χ3n) is 4.63. The van der Waals surface area contributed by atoms with E-state index in [1.165, 1.54) is 0 Å². The molecule has 0 bridgehead atoms. The van der Waals surface area contributed by atoms with E-state index in [0.717, 1.165) is 12.8 Å². The lowest BCUT2D eigenvalue weighted by Crippen LogP contribution is -2.55.